The molecule has 0 unspecified atom stereocenters. The molecule has 4 rings (SSSR count). The van der Waals surface area contributed by atoms with Crippen molar-refractivity contribution in [2.24, 2.45) is 0 Å². The third-order valence-corrected chi connectivity index (χ3v) is 5.04. The second-order valence-electron chi connectivity index (χ2n) is 5.92. The van der Waals surface area contributed by atoms with E-state index in [4.69, 9.17) is 4.52 Å². The van der Waals surface area contributed by atoms with E-state index in [1.807, 2.05) is 23.3 Å². The molecule has 4 heterocycles. The number of rotatable bonds is 3. The molecule has 8 heteroatoms. The molecule has 0 saturated carbocycles. The maximum Gasteiger partial charge on any atom is 0.292 e. The van der Waals surface area contributed by atoms with Gasteiger partial charge in [0.1, 0.15) is 12.1 Å². The fourth-order valence-corrected chi connectivity index (χ4v) is 3.78. The van der Waals surface area contributed by atoms with Crippen LogP contribution in [0.5, 0.6) is 0 Å². The van der Waals surface area contributed by atoms with Crippen molar-refractivity contribution in [3.05, 3.63) is 35.3 Å². The molecule has 124 valence electrons. The van der Waals surface area contributed by atoms with Crippen LogP contribution in [-0.2, 0) is 0 Å². The molecule has 0 radical (unpaired) electrons. The first kappa shape index (κ1) is 15.1. The first-order valence-corrected chi connectivity index (χ1v) is 8.76. The molecule has 1 saturated heterocycles. The lowest BCUT2D eigenvalue weighted by Crippen LogP contribution is -2.45. The number of hydrogen-bond acceptors (Lipinski definition) is 7. The Balaban J connectivity index is 1.49. The van der Waals surface area contributed by atoms with Crippen LogP contribution in [0.3, 0.4) is 0 Å². The number of piperidine rings is 1. The number of hydrogen-bond donors (Lipinski definition) is 1. The number of anilines is 1. The van der Waals surface area contributed by atoms with Crippen LogP contribution in [0.25, 0.3) is 10.2 Å². The summed E-state index contributed by atoms with van der Waals surface area (Å²) in [7, 11) is 0. The Morgan fingerprint density at radius 1 is 1.46 bits per heavy atom. The second-order valence-corrected chi connectivity index (χ2v) is 6.84. The largest absolute Gasteiger partial charge is 0.364 e. The lowest BCUT2D eigenvalue weighted by atomic mass is 10.1. The summed E-state index contributed by atoms with van der Waals surface area (Å²) in [6, 6.07) is 3.82. The third-order valence-electron chi connectivity index (χ3n) is 4.13. The summed E-state index contributed by atoms with van der Waals surface area (Å²) < 4.78 is 6.15. The van der Waals surface area contributed by atoms with Crippen LogP contribution in [0, 0.1) is 6.92 Å². The highest BCUT2D eigenvalue weighted by Crippen LogP contribution is 2.26. The zero-order valence-electron chi connectivity index (χ0n) is 13.2. The van der Waals surface area contributed by atoms with E-state index in [-0.39, 0.29) is 11.9 Å². The maximum atomic E-state index is 12.5. The van der Waals surface area contributed by atoms with Gasteiger partial charge in [-0.05, 0) is 31.2 Å². The molecule has 0 spiro atoms. The van der Waals surface area contributed by atoms with Gasteiger partial charge in [-0.2, -0.15) is 0 Å². The first-order chi connectivity index (χ1) is 11.7. The molecule has 7 nitrogen and oxygen atoms in total. The van der Waals surface area contributed by atoms with Gasteiger partial charge in [0.15, 0.2) is 0 Å². The van der Waals surface area contributed by atoms with Gasteiger partial charge in [0.05, 0.1) is 15.9 Å². The van der Waals surface area contributed by atoms with Gasteiger partial charge >= 0.3 is 0 Å². The number of fused-ring (bicyclic) bond motifs is 1. The first-order valence-electron chi connectivity index (χ1n) is 7.88. The molecule has 24 heavy (non-hydrogen) atoms. The van der Waals surface area contributed by atoms with E-state index in [1.165, 1.54) is 0 Å². The van der Waals surface area contributed by atoms with Crippen LogP contribution in [-0.4, -0.2) is 45.1 Å². The number of likely N-dealkylation sites (tertiary alicyclic amines) is 1. The minimum absolute atomic E-state index is 0.106. The van der Waals surface area contributed by atoms with Gasteiger partial charge in [-0.1, -0.05) is 5.16 Å². The van der Waals surface area contributed by atoms with Gasteiger partial charge in [-0.15, -0.1) is 11.3 Å². The van der Waals surface area contributed by atoms with Gasteiger partial charge in [-0.25, -0.2) is 9.97 Å². The summed E-state index contributed by atoms with van der Waals surface area (Å²) in [6.45, 7) is 3.16. The summed E-state index contributed by atoms with van der Waals surface area (Å²) in [6.07, 6.45) is 3.51. The SMILES string of the molecule is Cc1cc(C(=O)N2CCC[C@@H](Nc3ncnc4ccsc34)C2)on1. The molecule has 1 aliphatic rings. The van der Waals surface area contributed by atoms with Gasteiger partial charge < -0.3 is 14.7 Å². The van der Waals surface area contributed by atoms with Crippen molar-refractivity contribution >= 4 is 33.3 Å². The van der Waals surface area contributed by atoms with E-state index in [2.05, 4.69) is 20.4 Å². The summed E-state index contributed by atoms with van der Waals surface area (Å²) in [5, 5.41) is 9.27. The van der Waals surface area contributed by atoms with Crippen molar-refractivity contribution in [1.29, 1.82) is 0 Å². The third kappa shape index (κ3) is 2.84. The number of aromatic nitrogens is 3. The monoisotopic (exact) mass is 343 g/mol. The van der Waals surface area contributed by atoms with Crippen molar-refractivity contribution < 1.29 is 9.32 Å². The number of thiophene rings is 1. The minimum Gasteiger partial charge on any atom is -0.364 e. The van der Waals surface area contributed by atoms with E-state index in [0.29, 0.717) is 18.0 Å². The fraction of sp³-hybridized carbons (Fsp3) is 0.375. The highest BCUT2D eigenvalue weighted by atomic mass is 32.1. The summed E-state index contributed by atoms with van der Waals surface area (Å²) in [5.74, 6) is 1.03. The molecule has 1 fully saturated rings. The highest BCUT2D eigenvalue weighted by molar-refractivity contribution is 7.17. The topological polar surface area (TPSA) is 84.2 Å². The molecule has 0 aliphatic carbocycles. The van der Waals surface area contributed by atoms with E-state index in [9.17, 15) is 4.79 Å². The van der Waals surface area contributed by atoms with Crippen LogP contribution in [0.4, 0.5) is 5.82 Å². The van der Waals surface area contributed by atoms with Gasteiger partial charge in [-0.3, -0.25) is 4.79 Å². The zero-order chi connectivity index (χ0) is 16.5. The lowest BCUT2D eigenvalue weighted by molar-refractivity contribution is 0.0672. The van der Waals surface area contributed by atoms with Crippen LogP contribution < -0.4 is 5.32 Å². The summed E-state index contributed by atoms with van der Waals surface area (Å²) >= 11 is 1.62. The number of aryl methyl sites for hydroxylation is 1. The smallest absolute Gasteiger partial charge is 0.292 e. The Bertz CT molecular complexity index is 874. The van der Waals surface area contributed by atoms with Crippen molar-refractivity contribution in [2.45, 2.75) is 25.8 Å². The van der Waals surface area contributed by atoms with E-state index in [1.54, 1.807) is 23.7 Å². The summed E-state index contributed by atoms with van der Waals surface area (Å²) in [5.41, 5.74) is 1.66. The molecule has 0 bridgehead atoms. The van der Waals surface area contributed by atoms with Gasteiger partial charge in [0, 0.05) is 25.2 Å². The van der Waals surface area contributed by atoms with Gasteiger partial charge in [0.2, 0.25) is 5.76 Å². The molecule has 1 amide bonds. The molecular weight excluding hydrogens is 326 g/mol. The van der Waals surface area contributed by atoms with E-state index in [0.717, 1.165) is 35.4 Å². The standard InChI is InChI=1S/C16H17N5O2S/c1-10-7-13(23-20-10)16(22)21-5-2-3-11(8-21)19-15-14-12(4-6-24-14)17-9-18-15/h4,6-7,9,11H,2-3,5,8H2,1H3,(H,17,18,19)/t11-/m1/s1. The highest BCUT2D eigenvalue weighted by Gasteiger charge is 2.27. The van der Waals surface area contributed by atoms with E-state index < -0.39 is 0 Å². The van der Waals surface area contributed by atoms with Crippen molar-refractivity contribution in [1.82, 2.24) is 20.0 Å². The normalized spacial score (nSPS) is 18.0. The number of carbonyl (C=O) groups is 1. The zero-order valence-corrected chi connectivity index (χ0v) is 14.0. The van der Waals surface area contributed by atoms with Crippen LogP contribution in [0.15, 0.2) is 28.4 Å². The number of nitrogens with one attached hydrogen (secondary N) is 1. The Morgan fingerprint density at radius 2 is 2.38 bits per heavy atom. The molecule has 1 N–H and O–H groups in total. The quantitative estimate of drug-likeness (QED) is 0.787. The Labute approximate surface area is 142 Å². The predicted molar refractivity (Wildman–Crippen MR) is 91.2 cm³/mol. The molecule has 3 aromatic heterocycles. The second kappa shape index (κ2) is 6.20. The Hall–Kier alpha value is -2.48. The van der Waals surface area contributed by atoms with Crippen molar-refractivity contribution in [3.8, 4) is 0 Å². The lowest BCUT2D eigenvalue weighted by Gasteiger charge is -2.32. The van der Waals surface area contributed by atoms with Crippen LogP contribution in [0.1, 0.15) is 29.1 Å². The van der Waals surface area contributed by atoms with Gasteiger partial charge in [0.25, 0.3) is 5.91 Å². The average Bonchev–Trinajstić information content (AvgIpc) is 3.24. The number of nitrogens with zero attached hydrogens (tertiary/aromatic N) is 4. The number of amides is 1. The maximum absolute atomic E-state index is 12.5. The fourth-order valence-electron chi connectivity index (χ4n) is 2.98. The minimum atomic E-state index is -0.106. The van der Waals surface area contributed by atoms with Crippen molar-refractivity contribution in [2.75, 3.05) is 18.4 Å². The Kier molecular flexibility index (Phi) is 3.89. The van der Waals surface area contributed by atoms with Crippen LogP contribution >= 0.6 is 11.3 Å². The van der Waals surface area contributed by atoms with Crippen LogP contribution in [0.2, 0.25) is 0 Å². The molecule has 3 aromatic rings. The molecular formula is C16H17N5O2S. The van der Waals surface area contributed by atoms with Crippen molar-refractivity contribution in [3.63, 3.8) is 0 Å². The Morgan fingerprint density at radius 3 is 3.21 bits per heavy atom. The molecule has 0 aromatic carbocycles. The number of carbonyl (C=O) groups excluding carboxylic acids is 1. The average molecular weight is 343 g/mol. The summed E-state index contributed by atoms with van der Waals surface area (Å²) in [4.78, 5) is 23.0. The predicted octanol–water partition coefficient (Wildman–Crippen LogP) is 2.70. The van der Waals surface area contributed by atoms with E-state index >= 15 is 0 Å². The molecule has 1 aliphatic heterocycles. The molecule has 1 atom stereocenters.